The van der Waals surface area contributed by atoms with Crippen LogP contribution in [0.25, 0.3) is 0 Å². The van der Waals surface area contributed by atoms with E-state index in [4.69, 9.17) is 0 Å². The third kappa shape index (κ3) is 5.53. The van der Waals surface area contributed by atoms with Crippen LogP contribution in [0, 0.1) is 5.92 Å². The van der Waals surface area contributed by atoms with E-state index < -0.39 is 0 Å². The number of rotatable bonds is 7. The molecule has 1 rings (SSSR count). The quantitative estimate of drug-likeness (QED) is 0.797. The second-order valence-electron chi connectivity index (χ2n) is 5.75. The summed E-state index contributed by atoms with van der Waals surface area (Å²) in [6, 6.07) is 7.20. The molecule has 0 aliphatic rings. The van der Waals surface area contributed by atoms with Gasteiger partial charge in [-0.15, -0.1) is 0 Å². The normalized spacial score (nSPS) is 11.4. The Bertz CT molecular complexity index is 388. The van der Waals surface area contributed by atoms with Crippen LogP contribution in [0.4, 0.5) is 5.69 Å². The van der Waals surface area contributed by atoms with E-state index in [0.29, 0.717) is 12.0 Å². The Morgan fingerprint density at radius 1 is 1.21 bits per heavy atom. The van der Waals surface area contributed by atoms with Crippen LogP contribution in [0.15, 0.2) is 22.7 Å². The number of halogens is 1. The molecule has 108 valence electrons. The van der Waals surface area contributed by atoms with Crippen molar-refractivity contribution in [3.8, 4) is 0 Å². The second kappa shape index (κ2) is 7.91. The molecular weight excluding hydrogens is 300 g/mol. The summed E-state index contributed by atoms with van der Waals surface area (Å²) in [5.74, 6) is 0.675. The first kappa shape index (κ1) is 16.5. The van der Waals surface area contributed by atoms with Gasteiger partial charge in [0.15, 0.2) is 0 Å². The molecular formula is C16H27BrN2. The van der Waals surface area contributed by atoms with Crippen LogP contribution in [0.2, 0.25) is 0 Å². The molecule has 0 bridgehead atoms. The molecule has 0 atom stereocenters. The van der Waals surface area contributed by atoms with E-state index >= 15 is 0 Å². The highest BCUT2D eigenvalue weighted by molar-refractivity contribution is 9.10. The highest BCUT2D eigenvalue weighted by atomic mass is 79.9. The first-order chi connectivity index (χ1) is 8.93. The van der Waals surface area contributed by atoms with Crippen LogP contribution >= 0.6 is 15.9 Å². The van der Waals surface area contributed by atoms with Crippen LogP contribution in [0.3, 0.4) is 0 Å². The average molecular weight is 327 g/mol. The molecule has 0 aliphatic carbocycles. The van der Waals surface area contributed by atoms with Gasteiger partial charge in [0.25, 0.3) is 0 Å². The molecule has 0 aromatic heterocycles. The van der Waals surface area contributed by atoms with Crippen molar-refractivity contribution in [2.75, 3.05) is 18.0 Å². The smallest absolute Gasteiger partial charge is 0.0510 e. The fourth-order valence-electron chi connectivity index (χ4n) is 2.08. The number of nitrogens with one attached hydrogen (secondary N) is 1. The Balaban J connectivity index is 2.80. The molecule has 0 amide bonds. The molecule has 0 unspecified atom stereocenters. The number of nitrogens with zero attached hydrogens (tertiary/aromatic N) is 1. The lowest BCUT2D eigenvalue weighted by Gasteiger charge is -2.26. The Labute approximate surface area is 126 Å². The fourth-order valence-corrected chi connectivity index (χ4v) is 2.75. The van der Waals surface area contributed by atoms with Crippen LogP contribution in [0.5, 0.6) is 0 Å². The van der Waals surface area contributed by atoms with E-state index in [0.717, 1.165) is 19.6 Å². The molecule has 3 heteroatoms. The predicted molar refractivity (Wildman–Crippen MR) is 88.8 cm³/mol. The first-order valence-electron chi connectivity index (χ1n) is 7.20. The number of anilines is 1. The summed E-state index contributed by atoms with van der Waals surface area (Å²) in [4.78, 5) is 2.43. The van der Waals surface area contributed by atoms with Gasteiger partial charge >= 0.3 is 0 Å². The molecule has 1 aromatic carbocycles. The summed E-state index contributed by atoms with van der Waals surface area (Å²) in [5, 5.41) is 3.45. The Morgan fingerprint density at radius 2 is 1.89 bits per heavy atom. The van der Waals surface area contributed by atoms with Crippen molar-refractivity contribution in [3.05, 3.63) is 28.2 Å². The van der Waals surface area contributed by atoms with E-state index in [1.54, 1.807) is 0 Å². The molecule has 1 aromatic rings. The van der Waals surface area contributed by atoms with Crippen LogP contribution < -0.4 is 10.2 Å². The molecule has 0 radical (unpaired) electrons. The summed E-state index contributed by atoms with van der Waals surface area (Å²) in [7, 11) is 0. The lowest BCUT2D eigenvalue weighted by Crippen LogP contribution is -2.27. The van der Waals surface area contributed by atoms with Gasteiger partial charge in [-0.1, -0.05) is 33.8 Å². The Hall–Kier alpha value is -0.540. The van der Waals surface area contributed by atoms with Crippen molar-refractivity contribution in [3.63, 3.8) is 0 Å². The molecule has 0 heterocycles. The van der Waals surface area contributed by atoms with Crippen LogP contribution in [0.1, 0.15) is 40.2 Å². The SMILES string of the molecule is CCN(CC(C)C)c1ccc(CNC(C)C)cc1Br. The van der Waals surface area contributed by atoms with Gasteiger partial charge in [0.2, 0.25) is 0 Å². The minimum Gasteiger partial charge on any atom is -0.371 e. The maximum Gasteiger partial charge on any atom is 0.0510 e. The highest BCUT2D eigenvalue weighted by Gasteiger charge is 2.10. The van der Waals surface area contributed by atoms with Gasteiger partial charge in [-0.2, -0.15) is 0 Å². The van der Waals surface area contributed by atoms with E-state index in [2.05, 4.69) is 79.0 Å². The fraction of sp³-hybridized carbons (Fsp3) is 0.625. The summed E-state index contributed by atoms with van der Waals surface area (Å²) in [6.07, 6.45) is 0. The van der Waals surface area contributed by atoms with Gasteiger partial charge < -0.3 is 10.2 Å². The molecule has 19 heavy (non-hydrogen) atoms. The largest absolute Gasteiger partial charge is 0.371 e. The molecule has 0 fully saturated rings. The number of benzene rings is 1. The zero-order valence-corrected chi connectivity index (χ0v) is 14.4. The minimum absolute atomic E-state index is 0.520. The minimum atomic E-state index is 0.520. The van der Waals surface area contributed by atoms with Gasteiger partial charge in [0, 0.05) is 30.1 Å². The van der Waals surface area contributed by atoms with E-state index in [9.17, 15) is 0 Å². The third-order valence-corrected chi connectivity index (χ3v) is 3.67. The van der Waals surface area contributed by atoms with Gasteiger partial charge in [-0.3, -0.25) is 0 Å². The van der Waals surface area contributed by atoms with Gasteiger partial charge in [0.1, 0.15) is 0 Å². The van der Waals surface area contributed by atoms with Gasteiger partial charge in [0.05, 0.1) is 5.69 Å². The molecule has 0 spiro atoms. The van der Waals surface area contributed by atoms with Gasteiger partial charge in [-0.25, -0.2) is 0 Å². The lowest BCUT2D eigenvalue weighted by molar-refractivity contribution is 0.588. The Kier molecular flexibility index (Phi) is 6.87. The van der Waals surface area contributed by atoms with Crippen molar-refractivity contribution in [2.24, 2.45) is 5.92 Å². The molecule has 1 N–H and O–H groups in total. The topological polar surface area (TPSA) is 15.3 Å². The molecule has 0 saturated carbocycles. The molecule has 2 nitrogen and oxygen atoms in total. The first-order valence-corrected chi connectivity index (χ1v) is 8.00. The van der Waals surface area contributed by atoms with Crippen LogP contribution in [-0.4, -0.2) is 19.1 Å². The summed E-state index contributed by atoms with van der Waals surface area (Å²) in [5.41, 5.74) is 2.62. The number of hydrogen-bond acceptors (Lipinski definition) is 2. The summed E-state index contributed by atoms with van der Waals surface area (Å²) >= 11 is 3.72. The monoisotopic (exact) mass is 326 g/mol. The zero-order chi connectivity index (χ0) is 14.4. The number of hydrogen-bond donors (Lipinski definition) is 1. The Morgan fingerprint density at radius 3 is 2.37 bits per heavy atom. The van der Waals surface area contributed by atoms with E-state index in [-0.39, 0.29) is 0 Å². The third-order valence-electron chi connectivity index (χ3n) is 3.03. The second-order valence-corrected chi connectivity index (χ2v) is 6.61. The average Bonchev–Trinajstić information content (AvgIpc) is 2.33. The summed E-state index contributed by atoms with van der Waals surface area (Å²) in [6.45, 7) is 14.1. The van der Waals surface area contributed by atoms with Crippen molar-refractivity contribution in [1.82, 2.24) is 5.32 Å². The molecule has 0 aliphatic heterocycles. The molecule has 0 saturated heterocycles. The van der Waals surface area contributed by atoms with Gasteiger partial charge in [-0.05, 0) is 46.5 Å². The standard InChI is InChI=1S/C16H27BrN2/c1-6-19(11-12(2)3)16-8-7-14(9-15(16)17)10-18-13(4)5/h7-9,12-13,18H,6,10-11H2,1-5H3. The zero-order valence-electron chi connectivity index (χ0n) is 12.8. The maximum atomic E-state index is 3.72. The van der Waals surface area contributed by atoms with E-state index in [1.165, 1.54) is 15.7 Å². The van der Waals surface area contributed by atoms with Crippen molar-refractivity contribution >= 4 is 21.6 Å². The van der Waals surface area contributed by atoms with Crippen molar-refractivity contribution < 1.29 is 0 Å². The van der Waals surface area contributed by atoms with E-state index in [1.807, 2.05) is 0 Å². The highest BCUT2D eigenvalue weighted by Crippen LogP contribution is 2.28. The van der Waals surface area contributed by atoms with Crippen LogP contribution in [-0.2, 0) is 6.54 Å². The van der Waals surface area contributed by atoms with Crippen molar-refractivity contribution in [1.29, 1.82) is 0 Å². The lowest BCUT2D eigenvalue weighted by atomic mass is 10.1. The maximum absolute atomic E-state index is 3.72. The predicted octanol–water partition coefficient (Wildman–Crippen LogP) is 4.43. The van der Waals surface area contributed by atoms with Crippen molar-refractivity contribution in [2.45, 2.75) is 47.2 Å². The summed E-state index contributed by atoms with van der Waals surface area (Å²) < 4.78 is 1.19.